The molecule has 0 bridgehead atoms. The number of carbonyl (C=O) groups excluding carboxylic acids is 1. The number of nitrogens with one attached hydrogen (secondary N) is 1. The van der Waals surface area contributed by atoms with E-state index in [4.69, 9.17) is 27.4 Å². The molecule has 0 saturated heterocycles. The van der Waals surface area contributed by atoms with Gasteiger partial charge in [0.2, 0.25) is 0 Å². The number of rotatable bonds is 7. The van der Waals surface area contributed by atoms with Crippen LogP contribution in [0.3, 0.4) is 0 Å². The molecule has 0 aliphatic carbocycles. The van der Waals surface area contributed by atoms with Crippen molar-refractivity contribution in [2.24, 2.45) is 5.73 Å². The first-order valence-corrected chi connectivity index (χ1v) is 6.70. The monoisotopic (exact) mass is 296 g/mol. The topological polar surface area (TPSA) is 73.6 Å². The molecule has 2 unspecified atom stereocenters. The minimum atomic E-state index is -0.598. The van der Waals surface area contributed by atoms with E-state index < -0.39 is 6.10 Å². The third-order valence-electron chi connectivity index (χ3n) is 2.66. The van der Waals surface area contributed by atoms with E-state index in [9.17, 15) is 4.79 Å². The van der Waals surface area contributed by atoms with Gasteiger partial charge in [0, 0.05) is 12.7 Å². The first-order valence-electron chi connectivity index (χ1n) is 6.29. The first kappa shape index (κ1) is 16.6. The molecule has 0 aliphatic heterocycles. The maximum Gasteiger partial charge on any atom is 0.253 e. The Bertz CT molecular complexity index is 479. The smallest absolute Gasteiger partial charge is 0.253 e. The molecule has 0 aromatic heterocycles. The van der Waals surface area contributed by atoms with Gasteiger partial charge < -0.3 is 20.5 Å². The third-order valence-corrected chi connectivity index (χ3v) is 2.88. The Hall–Kier alpha value is -1.50. The number of anilines is 1. The SMILES string of the molecule is COCC(C)OC(C)C(=O)Nc1ccccc1C(N)=S. The Labute approximate surface area is 124 Å². The molecule has 3 N–H and O–H groups in total. The van der Waals surface area contributed by atoms with Crippen molar-refractivity contribution in [2.75, 3.05) is 19.0 Å². The van der Waals surface area contributed by atoms with Gasteiger partial charge in [-0.2, -0.15) is 0 Å². The maximum atomic E-state index is 12.1. The standard InChI is InChI=1S/C14H20N2O3S/c1-9(8-18-3)19-10(2)14(17)16-12-7-5-4-6-11(12)13(15)20/h4-7,9-10H,8H2,1-3H3,(H2,15,20)(H,16,17). The fourth-order valence-electron chi connectivity index (χ4n) is 1.73. The highest BCUT2D eigenvalue weighted by atomic mass is 32.1. The largest absolute Gasteiger partial charge is 0.389 e. The zero-order valence-electron chi connectivity index (χ0n) is 11.9. The van der Waals surface area contributed by atoms with Crippen molar-refractivity contribution < 1.29 is 14.3 Å². The Balaban J connectivity index is 2.68. The van der Waals surface area contributed by atoms with Gasteiger partial charge in [-0.3, -0.25) is 4.79 Å². The molecule has 110 valence electrons. The summed E-state index contributed by atoms with van der Waals surface area (Å²) >= 11 is 4.95. The zero-order chi connectivity index (χ0) is 15.1. The molecule has 0 spiro atoms. The number of hydrogen-bond acceptors (Lipinski definition) is 4. The fraction of sp³-hybridized carbons (Fsp3) is 0.429. The fourth-order valence-corrected chi connectivity index (χ4v) is 1.90. The summed E-state index contributed by atoms with van der Waals surface area (Å²) in [6, 6.07) is 7.12. The van der Waals surface area contributed by atoms with Crippen LogP contribution in [0, 0.1) is 0 Å². The highest BCUT2D eigenvalue weighted by molar-refractivity contribution is 7.80. The maximum absolute atomic E-state index is 12.1. The van der Waals surface area contributed by atoms with Gasteiger partial charge in [-0.1, -0.05) is 24.4 Å². The van der Waals surface area contributed by atoms with E-state index in [2.05, 4.69) is 5.32 Å². The van der Waals surface area contributed by atoms with Crippen molar-refractivity contribution in [1.29, 1.82) is 0 Å². The molecule has 0 saturated carbocycles. The summed E-state index contributed by atoms with van der Waals surface area (Å²) in [7, 11) is 1.59. The number of nitrogens with two attached hydrogens (primary N) is 1. The van der Waals surface area contributed by atoms with Crippen LogP contribution in [0.2, 0.25) is 0 Å². The molecule has 1 aromatic carbocycles. The first-order chi connectivity index (χ1) is 9.45. The average molecular weight is 296 g/mol. The average Bonchev–Trinajstić information content (AvgIpc) is 2.39. The lowest BCUT2D eigenvalue weighted by molar-refractivity contribution is -0.131. The van der Waals surface area contributed by atoms with Crippen LogP contribution in [0.1, 0.15) is 19.4 Å². The lowest BCUT2D eigenvalue weighted by atomic mass is 10.1. The summed E-state index contributed by atoms with van der Waals surface area (Å²) < 4.78 is 10.5. The van der Waals surface area contributed by atoms with Crippen molar-refractivity contribution in [3.8, 4) is 0 Å². The molecule has 1 aromatic rings. The van der Waals surface area contributed by atoms with Gasteiger partial charge in [0.1, 0.15) is 11.1 Å². The van der Waals surface area contributed by atoms with Crippen LogP contribution in [0.25, 0.3) is 0 Å². The van der Waals surface area contributed by atoms with Gasteiger partial charge in [0.25, 0.3) is 5.91 Å². The summed E-state index contributed by atoms with van der Waals surface area (Å²) in [6.45, 7) is 3.96. The summed E-state index contributed by atoms with van der Waals surface area (Å²) in [5, 5.41) is 2.77. The second-order valence-electron chi connectivity index (χ2n) is 4.44. The highest BCUT2D eigenvalue weighted by Gasteiger charge is 2.18. The summed E-state index contributed by atoms with van der Waals surface area (Å²) in [5.74, 6) is -0.253. The minimum Gasteiger partial charge on any atom is -0.389 e. The number of para-hydroxylation sites is 1. The number of hydrogen-bond donors (Lipinski definition) is 2. The molecule has 1 rings (SSSR count). The lowest BCUT2D eigenvalue weighted by Gasteiger charge is -2.19. The summed E-state index contributed by atoms with van der Waals surface area (Å²) in [4.78, 5) is 12.3. The quantitative estimate of drug-likeness (QED) is 0.749. The second kappa shape index (κ2) is 7.94. The van der Waals surface area contributed by atoms with E-state index in [0.717, 1.165) is 0 Å². The number of amides is 1. The molecule has 5 nitrogen and oxygen atoms in total. The Morgan fingerprint density at radius 2 is 2.05 bits per heavy atom. The van der Waals surface area contributed by atoms with Crippen molar-refractivity contribution in [3.05, 3.63) is 29.8 Å². The van der Waals surface area contributed by atoms with E-state index in [-0.39, 0.29) is 17.0 Å². The third kappa shape index (κ3) is 4.88. The van der Waals surface area contributed by atoms with Crippen molar-refractivity contribution in [3.63, 3.8) is 0 Å². The van der Waals surface area contributed by atoms with Gasteiger partial charge in [-0.15, -0.1) is 0 Å². The molecule has 20 heavy (non-hydrogen) atoms. The second-order valence-corrected chi connectivity index (χ2v) is 4.88. The molecule has 6 heteroatoms. The number of thiocarbonyl (C=S) groups is 1. The molecular weight excluding hydrogens is 276 g/mol. The predicted octanol–water partition coefficient (Wildman–Crippen LogP) is 1.70. The van der Waals surface area contributed by atoms with Crippen LogP contribution in [0.4, 0.5) is 5.69 Å². The van der Waals surface area contributed by atoms with Gasteiger partial charge in [0.05, 0.1) is 18.4 Å². The van der Waals surface area contributed by atoms with Gasteiger partial charge in [-0.25, -0.2) is 0 Å². The van der Waals surface area contributed by atoms with Crippen molar-refractivity contribution >= 4 is 28.8 Å². The van der Waals surface area contributed by atoms with E-state index in [1.54, 1.807) is 32.2 Å². The lowest BCUT2D eigenvalue weighted by Crippen LogP contribution is -2.32. The Kier molecular flexibility index (Phi) is 6.57. The minimum absolute atomic E-state index is 0.161. The van der Waals surface area contributed by atoms with Gasteiger partial charge in [0.15, 0.2) is 0 Å². The normalized spacial score (nSPS) is 13.6. The van der Waals surface area contributed by atoms with Gasteiger partial charge in [-0.05, 0) is 26.0 Å². The Morgan fingerprint density at radius 3 is 2.65 bits per heavy atom. The van der Waals surface area contributed by atoms with Gasteiger partial charge >= 0.3 is 0 Å². The van der Waals surface area contributed by atoms with Crippen LogP contribution in [-0.4, -0.2) is 36.8 Å². The highest BCUT2D eigenvalue weighted by Crippen LogP contribution is 2.15. The number of methoxy groups -OCH3 is 1. The molecule has 0 heterocycles. The summed E-state index contributed by atoms with van der Waals surface area (Å²) in [6.07, 6.45) is -0.758. The van der Waals surface area contributed by atoms with E-state index >= 15 is 0 Å². The van der Waals surface area contributed by atoms with Crippen LogP contribution in [0.15, 0.2) is 24.3 Å². The molecule has 0 fully saturated rings. The van der Waals surface area contributed by atoms with Crippen LogP contribution in [-0.2, 0) is 14.3 Å². The molecular formula is C14H20N2O3S. The number of benzene rings is 1. The molecule has 1 amide bonds. The molecule has 0 aliphatic rings. The van der Waals surface area contributed by atoms with Crippen LogP contribution in [0.5, 0.6) is 0 Å². The van der Waals surface area contributed by atoms with E-state index in [1.807, 2.05) is 13.0 Å². The molecule has 2 atom stereocenters. The van der Waals surface area contributed by atoms with Crippen molar-refractivity contribution in [2.45, 2.75) is 26.1 Å². The predicted molar refractivity (Wildman–Crippen MR) is 82.8 cm³/mol. The number of ether oxygens (including phenoxy) is 2. The molecule has 0 radical (unpaired) electrons. The van der Waals surface area contributed by atoms with Crippen molar-refractivity contribution in [1.82, 2.24) is 0 Å². The van der Waals surface area contributed by atoms with Crippen LogP contribution >= 0.6 is 12.2 Å². The summed E-state index contributed by atoms with van der Waals surface area (Å²) in [5.41, 5.74) is 6.83. The number of carbonyl (C=O) groups is 1. The van der Waals surface area contributed by atoms with E-state index in [0.29, 0.717) is 17.9 Å². The zero-order valence-corrected chi connectivity index (χ0v) is 12.7. The Morgan fingerprint density at radius 1 is 1.40 bits per heavy atom. The van der Waals surface area contributed by atoms with E-state index in [1.165, 1.54) is 0 Å². The van der Waals surface area contributed by atoms with Crippen LogP contribution < -0.4 is 11.1 Å².